The quantitative estimate of drug-likeness (QED) is 0.710. The minimum atomic E-state index is -0.581. The minimum Gasteiger partial charge on any atom is -0.488 e. The molecule has 0 saturated carbocycles. The summed E-state index contributed by atoms with van der Waals surface area (Å²) in [4.78, 5) is 25.4. The van der Waals surface area contributed by atoms with Crippen molar-refractivity contribution >= 4 is 35.0 Å². The minimum absolute atomic E-state index is 0.0153. The summed E-state index contributed by atoms with van der Waals surface area (Å²) in [5.74, 6) is -1.08. The van der Waals surface area contributed by atoms with Crippen molar-refractivity contribution in [1.82, 2.24) is 0 Å². The molecule has 2 amide bonds. The van der Waals surface area contributed by atoms with E-state index in [2.05, 4.69) is 10.6 Å². The molecule has 1 aliphatic rings. The van der Waals surface area contributed by atoms with Gasteiger partial charge in [0.05, 0.1) is 17.5 Å². The van der Waals surface area contributed by atoms with Crippen LogP contribution in [0.2, 0.25) is 0 Å². The van der Waals surface area contributed by atoms with E-state index in [-0.39, 0.29) is 30.6 Å². The number of ether oxygens (including phenoxy) is 2. The van der Waals surface area contributed by atoms with E-state index in [0.29, 0.717) is 12.3 Å². The molecule has 0 aliphatic carbocycles. The smallest absolute Gasteiger partial charge is 0.238 e. The number of thioether (sulfide) groups is 1. The lowest BCUT2D eigenvalue weighted by molar-refractivity contribution is -0.120. The standard InChI is InChI=1S/C19H19FN2O4S/c1-25-8-9-26-15-7-6-12(10-13(15)20)21-18(23)11-17-19(24)22-14-4-2-3-5-16(14)27-17/h2-7,10,17H,8-9,11H2,1H3,(H,21,23)(H,22,24). The lowest BCUT2D eigenvalue weighted by atomic mass is 10.2. The molecule has 2 N–H and O–H groups in total. The van der Waals surface area contributed by atoms with Crippen molar-refractivity contribution in [2.24, 2.45) is 0 Å². The van der Waals surface area contributed by atoms with E-state index in [9.17, 15) is 14.0 Å². The van der Waals surface area contributed by atoms with Crippen molar-refractivity contribution in [3.05, 3.63) is 48.3 Å². The number of benzene rings is 2. The molecule has 2 aromatic carbocycles. The lowest BCUT2D eigenvalue weighted by Gasteiger charge is -2.23. The number of para-hydroxylation sites is 1. The van der Waals surface area contributed by atoms with Crippen LogP contribution in [0, 0.1) is 5.82 Å². The summed E-state index contributed by atoms with van der Waals surface area (Å²) in [5.41, 5.74) is 1.05. The number of hydrogen-bond donors (Lipinski definition) is 2. The molecule has 27 heavy (non-hydrogen) atoms. The van der Waals surface area contributed by atoms with Crippen molar-refractivity contribution < 1.29 is 23.5 Å². The third-order valence-corrected chi connectivity index (χ3v) is 5.11. The number of fused-ring (bicyclic) bond motifs is 1. The molecule has 0 aromatic heterocycles. The summed E-state index contributed by atoms with van der Waals surface area (Å²) in [7, 11) is 1.53. The maximum atomic E-state index is 14.0. The average molecular weight is 390 g/mol. The van der Waals surface area contributed by atoms with Crippen LogP contribution in [0.3, 0.4) is 0 Å². The van der Waals surface area contributed by atoms with Gasteiger partial charge in [-0.2, -0.15) is 0 Å². The van der Waals surface area contributed by atoms with Crippen molar-refractivity contribution in [2.45, 2.75) is 16.6 Å². The van der Waals surface area contributed by atoms with Crippen molar-refractivity contribution in [3.8, 4) is 5.75 Å². The molecule has 0 saturated heterocycles. The van der Waals surface area contributed by atoms with Gasteiger partial charge >= 0.3 is 0 Å². The average Bonchev–Trinajstić information content (AvgIpc) is 2.64. The summed E-state index contributed by atoms with van der Waals surface area (Å²) in [6.45, 7) is 0.580. The molecular formula is C19H19FN2O4S. The number of hydrogen-bond acceptors (Lipinski definition) is 5. The molecule has 142 valence electrons. The molecule has 0 radical (unpaired) electrons. The fourth-order valence-corrected chi connectivity index (χ4v) is 3.65. The Balaban J connectivity index is 1.58. The fraction of sp³-hybridized carbons (Fsp3) is 0.263. The first-order valence-electron chi connectivity index (χ1n) is 8.34. The van der Waals surface area contributed by atoms with Gasteiger partial charge in [-0.25, -0.2) is 4.39 Å². The number of halogens is 1. The Bertz CT molecular complexity index is 846. The van der Waals surface area contributed by atoms with E-state index in [1.807, 2.05) is 24.3 Å². The predicted octanol–water partition coefficient (Wildman–Crippen LogP) is 3.29. The van der Waals surface area contributed by atoms with E-state index in [1.165, 1.54) is 31.0 Å². The van der Waals surface area contributed by atoms with Gasteiger partial charge in [-0.1, -0.05) is 12.1 Å². The molecule has 6 nitrogen and oxygen atoms in total. The Morgan fingerprint density at radius 1 is 1.26 bits per heavy atom. The Morgan fingerprint density at radius 2 is 2.07 bits per heavy atom. The van der Waals surface area contributed by atoms with Crippen LogP contribution in [0.25, 0.3) is 0 Å². The Kier molecular flexibility index (Phi) is 6.31. The van der Waals surface area contributed by atoms with Crippen LogP contribution in [0.1, 0.15) is 6.42 Å². The van der Waals surface area contributed by atoms with Gasteiger partial charge in [-0.05, 0) is 24.3 Å². The van der Waals surface area contributed by atoms with Crippen LogP contribution in [0.4, 0.5) is 15.8 Å². The van der Waals surface area contributed by atoms with E-state index < -0.39 is 11.1 Å². The topological polar surface area (TPSA) is 76.7 Å². The van der Waals surface area contributed by atoms with E-state index >= 15 is 0 Å². The van der Waals surface area contributed by atoms with Gasteiger partial charge in [0.15, 0.2) is 11.6 Å². The number of anilines is 2. The SMILES string of the molecule is COCCOc1ccc(NC(=O)CC2Sc3ccccc3NC2=O)cc1F. The maximum Gasteiger partial charge on any atom is 0.238 e. The number of carbonyl (C=O) groups excluding carboxylic acids is 2. The van der Waals surface area contributed by atoms with Crippen LogP contribution in [-0.2, 0) is 14.3 Å². The summed E-state index contributed by atoms with van der Waals surface area (Å²) in [6.07, 6.45) is -0.0153. The van der Waals surface area contributed by atoms with Gasteiger partial charge in [-0.3, -0.25) is 9.59 Å². The second-order valence-corrected chi connectivity index (χ2v) is 7.08. The Hall–Kier alpha value is -2.58. The van der Waals surface area contributed by atoms with Crippen molar-refractivity contribution in [3.63, 3.8) is 0 Å². The highest BCUT2D eigenvalue weighted by molar-refractivity contribution is 8.01. The first-order chi connectivity index (χ1) is 13.1. The third kappa shape index (κ3) is 4.99. The first kappa shape index (κ1) is 19.2. The summed E-state index contributed by atoms with van der Waals surface area (Å²) < 4.78 is 24.1. The van der Waals surface area contributed by atoms with Gasteiger partial charge in [0.1, 0.15) is 6.61 Å². The van der Waals surface area contributed by atoms with Crippen molar-refractivity contribution in [2.75, 3.05) is 31.0 Å². The summed E-state index contributed by atoms with van der Waals surface area (Å²) >= 11 is 1.34. The second kappa shape index (κ2) is 8.88. The second-order valence-electron chi connectivity index (χ2n) is 5.83. The highest BCUT2D eigenvalue weighted by atomic mass is 32.2. The lowest BCUT2D eigenvalue weighted by Crippen LogP contribution is -2.32. The first-order valence-corrected chi connectivity index (χ1v) is 9.22. The van der Waals surface area contributed by atoms with Gasteiger partial charge in [0.2, 0.25) is 11.8 Å². The molecule has 1 aliphatic heterocycles. The largest absolute Gasteiger partial charge is 0.488 e. The predicted molar refractivity (Wildman–Crippen MR) is 102 cm³/mol. The number of methoxy groups -OCH3 is 1. The monoisotopic (exact) mass is 390 g/mol. The number of amides is 2. The normalized spacial score (nSPS) is 15.6. The third-order valence-electron chi connectivity index (χ3n) is 3.84. The molecule has 0 bridgehead atoms. The summed E-state index contributed by atoms with van der Waals surface area (Å²) in [5, 5.41) is 4.87. The van der Waals surface area contributed by atoms with Crippen LogP contribution in [-0.4, -0.2) is 37.4 Å². The molecule has 1 heterocycles. The highest BCUT2D eigenvalue weighted by Crippen LogP contribution is 2.36. The Morgan fingerprint density at radius 3 is 2.85 bits per heavy atom. The molecule has 1 unspecified atom stereocenters. The van der Waals surface area contributed by atoms with E-state index in [1.54, 1.807) is 6.07 Å². The van der Waals surface area contributed by atoms with Crippen molar-refractivity contribution in [1.29, 1.82) is 0 Å². The molecule has 0 spiro atoms. The zero-order chi connectivity index (χ0) is 19.2. The molecular weight excluding hydrogens is 371 g/mol. The highest BCUT2D eigenvalue weighted by Gasteiger charge is 2.28. The number of rotatable bonds is 7. The van der Waals surface area contributed by atoms with Crippen LogP contribution in [0.5, 0.6) is 5.75 Å². The van der Waals surface area contributed by atoms with Gasteiger partial charge in [0, 0.05) is 30.2 Å². The zero-order valence-corrected chi connectivity index (χ0v) is 15.5. The van der Waals surface area contributed by atoms with Crippen LogP contribution in [0.15, 0.2) is 47.4 Å². The number of carbonyl (C=O) groups is 2. The molecule has 1 atom stereocenters. The molecule has 0 fully saturated rings. The number of nitrogens with one attached hydrogen (secondary N) is 2. The fourth-order valence-electron chi connectivity index (χ4n) is 2.54. The molecule has 3 rings (SSSR count). The van der Waals surface area contributed by atoms with Gasteiger partial charge in [0.25, 0.3) is 0 Å². The Labute approximate surface area is 160 Å². The van der Waals surface area contributed by atoms with Gasteiger partial charge < -0.3 is 20.1 Å². The van der Waals surface area contributed by atoms with E-state index in [0.717, 1.165) is 10.6 Å². The summed E-state index contributed by atoms with van der Waals surface area (Å²) in [6, 6.07) is 11.6. The maximum absolute atomic E-state index is 14.0. The zero-order valence-electron chi connectivity index (χ0n) is 14.7. The van der Waals surface area contributed by atoms with Crippen LogP contribution >= 0.6 is 11.8 Å². The molecule has 2 aromatic rings. The van der Waals surface area contributed by atoms with Crippen LogP contribution < -0.4 is 15.4 Å². The van der Waals surface area contributed by atoms with E-state index in [4.69, 9.17) is 9.47 Å². The molecule has 8 heteroatoms. The van der Waals surface area contributed by atoms with Gasteiger partial charge in [-0.15, -0.1) is 11.8 Å².